The number of nitrogens with zero attached hydrogens (tertiary/aromatic N) is 1. The second-order valence-corrected chi connectivity index (χ2v) is 14.6. The molecule has 8 heteroatoms. The van der Waals surface area contributed by atoms with Crippen molar-refractivity contribution in [3.05, 3.63) is 0 Å². The maximum absolute atomic E-state index is 10.1. The fourth-order valence-corrected chi connectivity index (χ4v) is 6.50. The highest BCUT2D eigenvalue weighted by Crippen LogP contribution is 2.46. The molecule has 0 aliphatic heterocycles. The van der Waals surface area contributed by atoms with Gasteiger partial charge in [-0.3, -0.25) is 0 Å². The molecule has 0 radical (unpaired) electrons. The van der Waals surface area contributed by atoms with Crippen LogP contribution in [0.3, 0.4) is 0 Å². The van der Waals surface area contributed by atoms with Gasteiger partial charge < -0.3 is 19.3 Å². The van der Waals surface area contributed by atoms with Gasteiger partial charge in [-0.05, 0) is 64.9 Å². The summed E-state index contributed by atoms with van der Waals surface area (Å²) in [6.45, 7) is 22.4. The molecule has 0 unspecified atom stereocenters. The van der Waals surface area contributed by atoms with Crippen LogP contribution in [-0.2, 0) is 9.05 Å². The predicted octanol–water partition coefficient (Wildman–Crippen LogP) is 7.32. The lowest BCUT2D eigenvalue weighted by Gasteiger charge is -2.35. The molecule has 0 bridgehead atoms. The highest BCUT2D eigenvalue weighted by molar-refractivity contribution is 7.98. The smallest absolute Gasteiger partial charge is 0.259 e. The summed E-state index contributed by atoms with van der Waals surface area (Å²) in [5, 5.41) is 21.3. The van der Waals surface area contributed by atoms with E-state index in [2.05, 4.69) is 32.4 Å². The minimum absolute atomic E-state index is 0.141. The highest BCUT2D eigenvalue weighted by Gasteiger charge is 2.26. The first-order valence-corrected chi connectivity index (χ1v) is 15.3. The minimum atomic E-state index is -1.09. The van der Waals surface area contributed by atoms with E-state index >= 15 is 0 Å². The van der Waals surface area contributed by atoms with Gasteiger partial charge in [0.2, 0.25) is 0 Å². The van der Waals surface area contributed by atoms with Crippen molar-refractivity contribution in [3.8, 4) is 0 Å². The van der Waals surface area contributed by atoms with Crippen molar-refractivity contribution >= 4 is 41.3 Å². The van der Waals surface area contributed by atoms with Crippen LogP contribution in [0.25, 0.3) is 0 Å². The molecular weight excluding hydrogens is 461 g/mol. The largest absolute Gasteiger partial charge is 0.359 e. The lowest BCUT2D eigenvalue weighted by atomic mass is 9.99. The summed E-state index contributed by atoms with van der Waals surface area (Å²) in [6.07, 6.45) is 4.00. The van der Waals surface area contributed by atoms with E-state index in [-0.39, 0.29) is 10.8 Å². The van der Waals surface area contributed by atoms with Gasteiger partial charge >= 0.3 is 0 Å². The Kier molecular flexibility index (Phi) is 16.7. The molecule has 0 heterocycles. The average Bonchev–Trinajstić information content (AvgIpc) is 2.64. The third-order valence-electron chi connectivity index (χ3n) is 4.62. The van der Waals surface area contributed by atoms with Gasteiger partial charge in [0.05, 0.1) is 23.3 Å². The van der Waals surface area contributed by atoms with Crippen LogP contribution in [0.1, 0.15) is 94.9 Å². The first kappa shape index (κ1) is 32.7. The van der Waals surface area contributed by atoms with E-state index < -0.39 is 8.53 Å². The zero-order valence-electron chi connectivity index (χ0n) is 22.3. The quantitative estimate of drug-likeness (QED) is 0.0799. The Bertz CT molecular complexity index is 521. The molecule has 0 saturated heterocycles. The number of thiol groups is 2. The molecule has 0 aromatic carbocycles. The number of aliphatic hydroxyl groups excluding tert-OH is 2. The van der Waals surface area contributed by atoms with Gasteiger partial charge in [0.15, 0.2) is 0 Å². The highest BCUT2D eigenvalue weighted by atomic mass is 32.1. The molecule has 0 aromatic heterocycles. The molecule has 5 nitrogen and oxygen atoms in total. The molecule has 32 heavy (non-hydrogen) atoms. The third-order valence-corrected chi connectivity index (χ3v) is 9.75. The van der Waals surface area contributed by atoms with Crippen LogP contribution in [0, 0.1) is 10.8 Å². The van der Waals surface area contributed by atoms with Gasteiger partial charge in [-0.1, -0.05) is 41.5 Å². The van der Waals surface area contributed by atoms with Crippen molar-refractivity contribution in [1.82, 2.24) is 4.67 Å². The van der Waals surface area contributed by atoms with Crippen LogP contribution >= 0.6 is 31.2 Å². The Hall–Kier alpha value is 0.670. The maximum atomic E-state index is 10.1. The molecule has 0 rings (SSSR count). The van der Waals surface area contributed by atoms with Crippen LogP contribution in [0.4, 0.5) is 0 Å². The van der Waals surface area contributed by atoms with Gasteiger partial charge in [0.1, 0.15) is 0 Å². The van der Waals surface area contributed by atoms with E-state index in [1.807, 2.05) is 41.5 Å². The van der Waals surface area contributed by atoms with Gasteiger partial charge in [0.25, 0.3) is 8.53 Å². The number of hydrogen-bond donors (Lipinski definition) is 4. The van der Waals surface area contributed by atoms with E-state index in [1.165, 1.54) is 0 Å². The Morgan fingerprint density at radius 3 is 1.34 bits per heavy atom. The van der Waals surface area contributed by atoms with Crippen molar-refractivity contribution in [1.29, 1.82) is 0 Å². The summed E-state index contributed by atoms with van der Waals surface area (Å²) in [7, 11) is -1.09. The normalized spacial score (nSPS) is 15.8. The Balaban J connectivity index is 4.56. The van der Waals surface area contributed by atoms with Crippen molar-refractivity contribution in [2.75, 3.05) is 24.7 Å². The van der Waals surface area contributed by atoms with Crippen molar-refractivity contribution in [2.24, 2.45) is 10.8 Å². The van der Waals surface area contributed by atoms with E-state index in [0.717, 1.165) is 59.9 Å². The fourth-order valence-electron chi connectivity index (χ4n) is 2.70. The molecule has 0 aliphatic carbocycles. The van der Waals surface area contributed by atoms with Crippen molar-refractivity contribution < 1.29 is 19.3 Å². The maximum Gasteiger partial charge on any atom is 0.259 e. The number of hydrogen-bond acceptors (Lipinski definition) is 3. The molecule has 0 aliphatic rings. The Labute approximate surface area is 207 Å². The first-order valence-electron chi connectivity index (χ1n) is 12.0. The summed E-state index contributed by atoms with van der Waals surface area (Å²) >= 11 is 2.05. The SMILES string of the molecule is CC(C)N(C(C)C)P(OCCCC[SH]=C(O)C(C)(C)C)OCCCC[SH]=C(O)C(C)(C)C. The van der Waals surface area contributed by atoms with Crippen LogP contribution in [0.15, 0.2) is 0 Å². The lowest BCUT2D eigenvalue weighted by Crippen LogP contribution is -2.33. The van der Waals surface area contributed by atoms with Crippen LogP contribution < -0.4 is 0 Å². The first-order chi connectivity index (χ1) is 14.7. The second kappa shape index (κ2) is 16.4. The van der Waals surface area contributed by atoms with Crippen molar-refractivity contribution in [2.45, 2.75) is 107 Å². The van der Waals surface area contributed by atoms with Crippen molar-refractivity contribution in [3.63, 3.8) is 0 Å². The molecule has 0 spiro atoms. The fraction of sp³-hybridized carbons (Fsp3) is 0.917. The van der Waals surface area contributed by atoms with E-state index in [4.69, 9.17) is 9.05 Å². The topological polar surface area (TPSA) is 62.2 Å². The summed E-state index contributed by atoms with van der Waals surface area (Å²) in [5.74, 6) is 1.92. The standard InChI is InChI=1S/C24H52NO4PS2/c1-19(2)25(20(3)4)30(28-15-11-13-17-31-21(26)23(5,6)7)29-16-12-14-18-32-22(27)24(8,9)10/h19-20,26-27,31-32H,11-18H2,1-10H3. The number of rotatable bonds is 15. The summed E-state index contributed by atoms with van der Waals surface area (Å²) in [4.78, 5) is 0. The van der Waals surface area contributed by atoms with Gasteiger partial charge in [-0.25, -0.2) is 4.67 Å². The van der Waals surface area contributed by atoms with Crippen LogP contribution in [0.2, 0.25) is 0 Å². The van der Waals surface area contributed by atoms with E-state index in [9.17, 15) is 10.2 Å². The van der Waals surface area contributed by atoms with Gasteiger partial charge in [-0.15, -0.1) is 0 Å². The molecule has 2 N–H and O–H groups in total. The summed E-state index contributed by atoms with van der Waals surface area (Å²) < 4.78 is 14.8. The monoisotopic (exact) mass is 513 g/mol. The molecule has 0 fully saturated rings. The predicted molar refractivity (Wildman–Crippen MR) is 151 cm³/mol. The van der Waals surface area contributed by atoms with Crippen LogP contribution in [0.5, 0.6) is 0 Å². The Morgan fingerprint density at radius 1 is 0.719 bits per heavy atom. The molecule has 0 atom stereocenters. The van der Waals surface area contributed by atoms with Gasteiger partial charge in [-0.2, -0.15) is 22.7 Å². The summed E-state index contributed by atoms with van der Waals surface area (Å²) in [6, 6.07) is 0.713. The van der Waals surface area contributed by atoms with E-state index in [1.54, 1.807) is 0 Å². The molecule has 0 aromatic rings. The van der Waals surface area contributed by atoms with Gasteiger partial charge in [0, 0.05) is 22.9 Å². The average molecular weight is 514 g/mol. The molecule has 0 amide bonds. The van der Waals surface area contributed by atoms with E-state index in [0.29, 0.717) is 35.4 Å². The number of aliphatic hydroxyl groups is 2. The molecule has 194 valence electrons. The number of unbranched alkanes of at least 4 members (excludes halogenated alkanes) is 2. The Morgan fingerprint density at radius 2 is 1.06 bits per heavy atom. The third kappa shape index (κ3) is 14.8. The summed E-state index contributed by atoms with van der Waals surface area (Å²) in [5.41, 5.74) is -0.281. The zero-order chi connectivity index (χ0) is 24.9. The molecular formula is C24H52NO4PS2. The minimum Gasteiger partial charge on any atom is -0.359 e. The lowest BCUT2D eigenvalue weighted by molar-refractivity contribution is 0.171. The second-order valence-electron chi connectivity index (χ2n) is 10.8. The van der Waals surface area contributed by atoms with Crippen LogP contribution in [-0.4, -0.2) is 61.8 Å². The molecule has 0 saturated carbocycles. The zero-order valence-corrected chi connectivity index (χ0v) is 25.0.